The number of anilines is 2. The van der Waals surface area contributed by atoms with Gasteiger partial charge in [-0.25, -0.2) is 4.99 Å². The van der Waals surface area contributed by atoms with Crippen LogP contribution in [0.15, 0.2) is 62.3 Å². The van der Waals surface area contributed by atoms with Crippen molar-refractivity contribution in [2.75, 3.05) is 29.4 Å². The smallest absolute Gasteiger partial charge is 0.269 e. The number of fused-ring (bicyclic) bond motifs is 1. The van der Waals surface area contributed by atoms with Gasteiger partial charge in [0.1, 0.15) is 9.93 Å². The normalized spacial score (nSPS) is 21.6. The first kappa shape index (κ1) is 25.6. The van der Waals surface area contributed by atoms with Crippen molar-refractivity contribution in [1.82, 2.24) is 4.90 Å². The zero-order valence-electron chi connectivity index (χ0n) is 21.2. The van der Waals surface area contributed by atoms with Crippen LogP contribution in [0.2, 0.25) is 5.02 Å². The number of rotatable bonds is 6. The molecule has 2 aromatic carbocycles. The number of amides is 1. The molecule has 1 amide bonds. The number of carbonyl (C=O) groups is 1. The van der Waals surface area contributed by atoms with E-state index >= 15 is 0 Å². The van der Waals surface area contributed by atoms with E-state index in [1.165, 1.54) is 23.9 Å². The highest BCUT2D eigenvalue weighted by Crippen LogP contribution is 2.52. The van der Waals surface area contributed by atoms with Crippen LogP contribution in [-0.2, 0) is 4.79 Å². The highest BCUT2D eigenvalue weighted by molar-refractivity contribution is 8.19. The largest absolute Gasteiger partial charge is 0.372 e. The van der Waals surface area contributed by atoms with E-state index in [1.54, 1.807) is 11.8 Å². The molecular weight excluding hydrogens is 508 g/mol. The fraction of sp³-hybridized carbons (Fsp3) is 0.429. The zero-order valence-corrected chi connectivity index (χ0v) is 23.6. The monoisotopic (exact) mass is 540 g/mol. The lowest BCUT2D eigenvalue weighted by molar-refractivity contribution is -0.124. The topological polar surface area (TPSA) is 39.1 Å². The number of thioether (sulfide) groups is 2. The third kappa shape index (κ3) is 4.90. The Morgan fingerprint density at radius 2 is 1.72 bits per heavy atom. The fourth-order valence-corrected chi connectivity index (χ4v) is 7.83. The van der Waals surface area contributed by atoms with Gasteiger partial charge in [0.2, 0.25) is 0 Å². The summed E-state index contributed by atoms with van der Waals surface area (Å²) in [5.41, 5.74) is 3.16. The minimum Gasteiger partial charge on any atom is -0.372 e. The number of hydrogen-bond donors (Lipinski definition) is 0. The van der Waals surface area contributed by atoms with Gasteiger partial charge in [-0.15, -0.1) is 0 Å². The molecule has 3 aliphatic rings. The molecule has 190 valence electrons. The van der Waals surface area contributed by atoms with E-state index in [0.29, 0.717) is 5.02 Å². The van der Waals surface area contributed by atoms with Crippen LogP contribution in [0.3, 0.4) is 0 Å². The molecule has 0 bridgehead atoms. The molecule has 8 heteroatoms. The minimum atomic E-state index is 0.0882. The molecule has 2 aromatic rings. The first-order valence-corrected chi connectivity index (χ1v) is 15.0. The maximum atomic E-state index is 14.0. The molecule has 1 saturated heterocycles. The van der Waals surface area contributed by atoms with E-state index in [4.69, 9.17) is 16.6 Å². The van der Waals surface area contributed by atoms with Crippen molar-refractivity contribution in [2.24, 2.45) is 4.99 Å². The molecule has 36 heavy (non-hydrogen) atoms. The number of carbonyl (C=O) groups excluding carboxylic acids is 1. The fourth-order valence-electron chi connectivity index (χ4n) is 5.23. The molecule has 0 radical (unpaired) electrons. The van der Waals surface area contributed by atoms with E-state index in [9.17, 15) is 4.79 Å². The zero-order chi connectivity index (χ0) is 25.2. The number of halogens is 1. The standard InChI is InChI=1S/C28H33ClN4OS2/c1-4-31(5-2)21-15-13-20(14-16-21)30-28-33(22-10-8-7-9-11-22)26(34)25(36-28)27-32(6-3)23-18-19(29)12-17-24(23)35-27/h12-18,22H,4-11H2,1-3H3/b27-25-,30-28?. The number of benzene rings is 2. The lowest BCUT2D eigenvalue weighted by Gasteiger charge is -2.30. The van der Waals surface area contributed by atoms with E-state index in [-0.39, 0.29) is 11.9 Å². The quantitative estimate of drug-likeness (QED) is 0.348. The van der Waals surface area contributed by atoms with Crippen molar-refractivity contribution < 1.29 is 4.79 Å². The van der Waals surface area contributed by atoms with Crippen LogP contribution in [-0.4, -0.2) is 41.7 Å². The Balaban J connectivity index is 1.52. The summed E-state index contributed by atoms with van der Waals surface area (Å²) in [7, 11) is 0. The van der Waals surface area contributed by atoms with Crippen molar-refractivity contribution in [1.29, 1.82) is 0 Å². The predicted octanol–water partition coefficient (Wildman–Crippen LogP) is 7.88. The molecule has 2 heterocycles. The molecule has 1 saturated carbocycles. The first-order chi connectivity index (χ1) is 17.5. The third-order valence-electron chi connectivity index (χ3n) is 7.13. The average molecular weight is 541 g/mol. The Kier molecular flexibility index (Phi) is 7.89. The van der Waals surface area contributed by atoms with E-state index < -0.39 is 0 Å². The number of nitrogens with zero attached hydrogens (tertiary/aromatic N) is 4. The van der Waals surface area contributed by atoms with Crippen LogP contribution in [0.1, 0.15) is 52.9 Å². The van der Waals surface area contributed by atoms with Crippen LogP contribution in [0, 0.1) is 0 Å². The van der Waals surface area contributed by atoms with Gasteiger partial charge in [0.05, 0.1) is 11.4 Å². The van der Waals surface area contributed by atoms with Gasteiger partial charge in [-0.05, 0) is 87.8 Å². The molecule has 1 aliphatic carbocycles. The van der Waals surface area contributed by atoms with Crippen molar-refractivity contribution in [2.45, 2.75) is 63.8 Å². The van der Waals surface area contributed by atoms with Crippen LogP contribution in [0.4, 0.5) is 17.1 Å². The summed E-state index contributed by atoms with van der Waals surface area (Å²) < 4.78 is 0. The van der Waals surface area contributed by atoms with Crippen molar-refractivity contribution >= 4 is 63.3 Å². The molecule has 0 spiro atoms. The number of amidine groups is 1. The third-order valence-corrected chi connectivity index (χ3v) is 9.72. The minimum absolute atomic E-state index is 0.0882. The maximum Gasteiger partial charge on any atom is 0.269 e. The molecule has 5 nitrogen and oxygen atoms in total. The molecule has 2 fully saturated rings. The summed E-state index contributed by atoms with van der Waals surface area (Å²) >= 11 is 9.50. The Morgan fingerprint density at radius 3 is 2.39 bits per heavy atom. The van der Waals surface area contributed by atoms with Crippen LogP contribution in [0.5, 0.6) is 0 Å². The molecule has 0 atom stereocenters. The highest BCUT2D eigenvalue weighted by Gasteiger charge is 2.43. The van der Waals surface area contributed by atoms with Gasteiger partial charge in [-0.1, -0.05) is 42.6 Å². The SMILES string of the molecule is CCN(CC)c1ccc(N=C2S/C(=C3\Sc4ccc(Cl)cc4N3CC)C(=O)N2C2CCCCC2)cc1. The predicted molar refractivity (Wildman–Crippen MR) is 156 cm³/mol. The van der Waals surface area contributed by atoms with E-state index in [2.05, 4.69) is 54.8 Å². The van der Waals surface area contributed by atoms with Gasteiger partial charge in [0.25, 0.3) is 5.91 Å². The second-order valence-electron chi connectivity index (χ2n) is 9.24. The Labute approximate surface area is 228 Å². The maximum absolute atomic E-state index is 14.0. The lowest BCUT2D eigenvalue weighted by Crippen LogP contribution is -2.40. The number of aliphatic imine (C=N–C) groups is 1. The summed E-state index contributed by atoms with van der Waals surface area (Å²) in [6, 6.07) is 14.6. The summed E-state index contributed by atoms with van der Waals surface area (Å²) in [4.78, 5) is 27.5. The summed E-state index contributed by atoms with van der Waals surface area (Å²) in [6.45, 7) is 9.17. The van der Waals surface area contributed by atoms with Crippen LogP contribution >= 0.6 is 35.1 Å². The van der Waals surface area contributed by atoms with Gasteiger partial charge in [0.15, 0.2) is 5.17 Å². The van der Waals surface area contributed by atoms with Gasteiger partial charge >= 0.3 is 0 Å². The van der Waals surface area contributed by atoms with Gasteiger partial charge in [0, 0.05) is 41.3 Å². The molecule has 0 aromatic heterocycles. The number of hydrogen-bond acceptors (Lipinski definition) is 6. The molecule has 0 unspecified atom stereocenters. The van der Waals surface area contributed by atoms with Crippen LogP contribution in [0.25, 0.3) is 0 Å². The highest BCUT2D eigenvalue weighted by atomic mass is 35.5. The summed E-state index contributed by atoms with van der Waals surface area (Å²) in [5.74, 6) is 0.0882. The second kappa shape index (κ2) is 11.1. The average Bonchev–Trinajstić information content (AvgIpc) is 3.42. The molecule has 2 aliphatic heterocycles. The van der Waals surface area contributed by atoms with Crippen molar-refractivity contribution in [3.63, 3.8) is 0 Å². The van der Waals surface area contributed by atoms with Crippen LogP contribution < -0.4 is 9.80 Å². The van der Waals surface area contributed by atoms with Crippen molar-refractivity contribution in [3.05, 3.63) is 57.4 Å². The van der Waals surface area contributed by atoms with Gasteiger partial charge in [-0.2, -0.15) is 0 Å². The Morgan fingerprint density at radius 1 is 1.00 bits per heavy atom. The molecule has 5 rings (SSSR count). The van der Waals surface area contributed by atoms with Crippen molar-refractivity contribution in [3.8, 4) is 0 Å². The summed E-state index contributed by atoms with van der Waals surface area (Å²) in [5, 5.41) is 2.51. The van der Waals surface area contributed by atoms with E-state index in [0.717, 1.165) is 76.7 Å². The molecular formula is C28H33ClN4OS2. The molecule has 0 N–H and O–H groups in total. The Bertz CT molecular complexity index is 1190. The second-order valence-corrected chi connectivity index (χ2v) is 11.7. The van der Waals surface area contributed by atoms with Gasteiger partial charge in [-0.3, -0.25) is 9.69 Å². The first-order valence-electron chi connectivity index (χ1n) is 13.0. The van der Waals surface area contributed by atoms with E-state index in [1.807, 2.05) is 23.1 Å². The van der Waals surface area contributed by atoms with Gasteiger partial charge < -0.3 is 9.80 Å². The summed E-state index contributed by atoms with van der Waals surface area (Å²) in [6.07, 6.45) is 5.65. The lowest BCUT2D eigenvalue weighted by atomic mass is 9.94. The Hall–Kier alpha value is -2.09.